The highest BCUT2D eigenvalue weighted by Crippen LogP contribution is 2.28. The lowest BCUT2D eigenvalue weighted by molar-refractivity contribution is -0.143. The first-order chi connectivity index (χ1) is 9.63. The molecule has 0 aromatic rings. The molecule has 0 spiro atoms. The van der Waals surface area contributed by atoms with Crippen molar-refractivity contribution in [1.29, 1.82) is 0 Å². The largest absolute Gasteiger partial charge is 0.481 e. The zero-order valence-electron chi connectivity index (χ0n) is 12.2. The van der Waals surface area contributed by atoms with E-state index in [0.29, 0.717) is 12.5 Å². The van der Waals surface area contributed by atoms with Gasteiger partial charge in [0.05, 0.1) is 5.92 Å². The third kappa shape index (κ3) is 7.03. The maximum absolute atomic E-state index is 11.6. The number of carboxylic acid groups (broad SMARTS) is 1. The molecular formula is C14H26N2O3S. The number of thioether (sulfide) groups is 1. The summed E-state index contributed by atoms with van der Waals surface area (Å²) in [5.41, 5.74) is 0. The van der Waals surface area contributed by atoms with Crippen molar-refractivity contribution in [1.82, 2.24) is 10.6 Å². The van der Waals surface area contributed by atoms with Crippen molar-refractivity contribution in [2.45, 2.75) is 38.5 Å². The van der Waals surface area contributed by atoms with Crippen LogP contribution in [0.5, 0.6) is 0 Å². The standard InChI is InChI=1S/C14H26N2O3S/c1-20-9-3-2-8-15-14(19)16-10-11-4-6-12(7-5-11)13(17)18/h11-12H,2-10H2,1H3,(H,17,18)(H2,15,16,19). The Morgan fingerprint density at radius 1 is 1.15 bits per heavy atom. The molecule has 1 fully saturated rings. The number of hydrogen-bond acceptors (Lipinski definition) is 3. The highest BCUT2D eigenvalue weighted by atomic mass is 32.2. The third-order valence-corrected chi connectivity index (χ3v) is 4.51. The van der Waals surface area contributed by atoms with Gasteiger partial charge in [0, 0.05) is 13.1 Å². The lowest BCUT2D eigenvalue weighted by Crippen LogP contribution is -2.39. The highest BCUT2D eigenvalue weighted by Gasteiger charge is 2.25. The second-order valence-electron chi connectivity index (χ2n) is 5.39. The first kappa shape index (κ1) is 17.1. The van der Waals surface area contributed by atoms with Crippen LogP contribution in [0.2, 0.25) is 0 Å². The molecule has 5 nitrogen and oxygen atoms in total. The van der Waals surface area contributed by atoms with Crippen molar-refractivity contribution in [3.8, 4) is 0 Å². The van der Waals surface area contributed by atoms with E-state index in [9.17, 15) is 9.59 Å². The molecule has 0 saturated heterocycles. The number of amides is 2. The van der Waals surface area contributed by atoms with E-state index in [0.717, 1.165) is 50.8 Å². The molecule has 0 heterocycles. The number of carbonyl (C=O) groups excluding carboxylic acids is 1. The van der Waals surface area contributed by atoms with Gasteiger partial charge in [0.15, 0.2) is 0 Å². The fourth-order valence-electron chi connectivity index (χ4n) is 2.49. The summed E-state index contributed by atoms with van der Waals surface area (Å²) >= 11 is 1.82. The summed E-state index contributed by atoms with van der Waals surface area (Å²) in [7, 11) is 0. The molecule has 0 atom stereocenters. The Morgan fingerprint density at radius 3 is 2.45 bits per heavy atom. The third-order valence-electron chi connectivity index (χ3n) is 3.81. The number of carboxylic acids is 1. The Bertz CT molecular complexity index is 305. The normalized spacial score (nSPS) is 22.2. The number of unbranched alkanes of at least 4 members (excludes halogenated alkanes) is 1. The van der Waals surface area contributed by atoms with Crippen LogP contribution in [0.15, 0.2) is 0 Å². The molecule has 2 amide bonds. The number of rotatable bonds is 8. The summed E-state index contributed by atoms with van der Waals surface area (Å²) in [4.78, 5) is 22.4. The van der Waals surface area contributed by atoms with E-state index in [1.165, 1.54) is 0 Å². The molecule has 0 aromatic carbocycles. The Hall–Kier alpha value is -0.910. The molecule has 1 aliphatic rings. The number of hydrogen-bond donors (Lipinski definition) is 3. The van der Waals surface area contributed by atoms with Crippen LogP contribution >= 0.6 is 11.8 Å². The predicted molar refractivity (Wildman–Crippen MR) is 82.1 cm³/mol. The van der Waals surface area contributed by atoms with Gasteiger partial charge in [0.1, 0.15) is 0 Å². The Balaban J connectivity index is 2.03. The summed E-state index contributed by atoms with van der Waals surface area (Å²) in [5, 5.41) is 14.7. The maximum atomic E-state index is 11.6. The van der Waals surface area contributed by atoms with E-state index >= 15 is 0 Å². The predicted octanol–water partition coefficient (Wildman–Crippen LogP) is 2.32. The van der Waals surface area contributed by atoms with Crippen LogP contribution in [0.4, 0.5) is 4.79 Å². The minimum absolute atomic E-state index is 0.102. The summed E-state index contributed by atoms with van der Waals surface area (Å²) < 4.78 is 0. The van der Waals surface area contributed by atoms with Crippen molar-refractivity contribution in [3.05, 3.63) is 0 Å². The maximum Gasteiger partial charge on any atom is 0.314 e. The number of urea groups is 1. The molecule has 3 N–H and O–H groups in total. The van der Waals surface area contributed by atoms with Gasteiger partial charge in [0.25, 0.3) is 0 Å². The number of nitrogens with one attached hydrogen (secondary N) is 2. The van der Waals surface area contributed by atoms with Gasteiger partial charge in [-0.05, 0) is 56.5 Å². The molecule has 0 aromatic heterocycles. The van der Waals surface area contributed by atoms with Crippen LogP contribution < -0.4 is 10.6 Å². The molecule has 20 heavy (non-hydrogen) atoms. The number of carbonyl (C=O) groups is 2. The van der Waals surface area contributed by atoms with E-state index in [1.807, 2.05) is 11.8 Å². The first-order valence-corrected chi connectivity index (χ1v) is 8.76. The smallest absolute Gasteiger partial charge is 0.314 e. The molecule has 116 valence electrons. The summed E-state index contributed by atoms with van der Waals surface area (Å²) in [6.07, 6.45) is 7.48. The zero-order chi connectivity index (χ0) is 14.8. The minimum atomic E-state index is -0.681. The van der Waals surface area contributed by atoms with Crippen molar-refractivity contribution >= 4 is 23.8 Å². The van der Waals surface area contributed by atoms with Crippen molar-refractivity contribution in [2.24, 2.45) is 11.8 Å². The van der Waals surface area contributed by atoms with E-state index in [2.05, 4.69) is 16.9 Å². The van der Waals surface area contributed by atoms with Gasteiger partial charge < -0.3 is 15.7 Å². The molecule has 1 aliphatic carbocycles. The molecule has 0 bridgehead atoms. The van der Waals surface area contributed by atoms with Gasteiger partial charge >= 0.3 is 12.0 Å². The monoisotopic (exact) mass is 302 g/mol. The molecule has 1 rings (SSSR count). The van der Waals surface area contributed by atoms with Crippen LogP contribution in [0.1, 0.15) is 38.5 Å². The molecule has 0 unspecified atom stereocenters. The van der Waals surface area contributed by atoms with Gasteiger partial charge in [-0.2, -0.15) is 11.8 Å². The van der Waals surface area contributed by atoms with Gasteiger partial charge in [0.2, 0.25) is 0 Å². The van der Waals surface area contributed by atoms with Gasteiger partial charge in [-0.25, -0.2) is 4.79 Å². The van der Waals surface area contributed by atoms with E-state index < -0.39 is 5.97 Å². The van der Waals surface area contributed by atoms with E-state index in [1.54, 1.807) is 0 Å². The summed E-state index contributed by atoms with van der Waals surface area (Å²) in [6.45, 7) is 1.38. The van der Waals surface area contributed by atoms with Gasteiger partial charge in [-0.1, -0.05) is 0 Å². The van der Waals surface area contributed by atoms with Crippen LogP contribution in [0.25, 0.3) is 0 Å². The summed E-state index contributed by atoms with van der Waals surface area (Å²) in [5.74, 6) is 0.694. The van der Waals surface area contributed by atoms with Gasteiger partial charge in [-0.15, -0.1) is 0 Å². The fourth-order valence-corrected chi connectivity index (χ4v) is 2.98. The van der Waals surface area contributed by atoms with E-state index in [-0.39, 0.29) is 11.9 Å². The quantitative estimate of drug-likeness (QED) is 0.601. The Labute approximate surface area is 125 Å². The zero-order valence-corrected chi connectivity index (χ0v) is 13.0. The lowest BCUT2D eigenvalue weighted by Gasteiger charge is -2.26. The fraction of sp³-hybridized carbons (Fsp3) is 0.857. The topological polar surface area (TPSA) is 78.4 Å². The molecular weight excluding hydrogens is 276 g/mol. The highest BCUT2D eigenvalue weighted by molar-refractivity contribution is 7.98. The molecule has 1 saturated carbocycles. The molecule has 0 radical (unpaired) electrons. The number of aliphatic carboxylic acids is 1. The second-order valence-corrected chi connectivity index (χ2v) is 6.38. The Kier molecular flexibility index (Phi) is 8.49. The average molecular weight is 302 g/mol. The minimum Gasteiger partial charge on any atom is -0.481 e. The van der Waals surface area contributed by atoms with Crippen LogP contribution in [0, 0.1) is 11.8 Å². The molecule has 6 heteroatoms. The van der Waals surface area contributed by atoms with Crippen molar-refractivity contribution in [2.75, 3.05) is 25.1 Å². The van der Waals surface area contributed by atoms with Crippen LogP contribution in [-0.2, 0) is 4.79 Å². The van der Waals surface area contributed by atoms with Gasteiger partial charge in [-0.3, -0.25) is 4.79 Å². The van der Waals surface area contributed by atoms with E-state index in [4.69, 9.17) is 5.11 Å². The Morgan fingerprint density at radius 2 is 1.85 bits per heavy atom. The van der Waals surface area contributed by atoms with Crippen molar-refractivity contribution in [3.63, 3.8) is 0 Å². The average Bonchev–Trinajstić information content (AvgIpc) is 2.45. The SMILES string of the molecule is CSCCCCNC(=O)NCC1CCC(C(=O)O)CC1. The summed E-state index contributed by atoms with van der Waals surface area (Å²) in [6, 6.07) is -0.102. The lowest BCUT2D eigenvalue weighted by atomic mass is 9.82. The molecule has 0 aliphatic heterocycles. The van der Waals surface area contributed by atoms with Crippen molar-refractivity contribution < 1.29 is 14.7 Å². The van der Waals surface area contributed by atoms with Crippen LogP contribution in [-0.4, -0.2) is 42.2 Å². The second kappa shape index (κ2) is 9.91. The first-order valence-electron chi connectivity index (χ1n) is 7.37. The van der Waals surface area contributed by atoms with Crippen LogP contribution in [0.3, 0.4) is 0 Å².